The van der Waals surface area contributed by atoms with Crippen LogP contribution in [0.25, 0.3) is 0 Å². The summed E-state index contributed by atoms with van der Waals surface area (Å²) in [5, 5.41) is 3.90. The molecule has 3 nitrogen and oxygen atoms in total. The Morgan fingerprint density at radius 2 is 2.25 bits per heavy atom. The lowest BCUT2D eigenvalue weighted by Crippen LogP contribution is -2.15. The molecule has 1 aromatic rings. The normalized spacial score (nSPS) is 15.5. The van der Waals surface area contributed by atoms with Gasteiger partial charge in [0, 0.05) is 18.7 Å². The smallest absolute Gasteiger partial charge is 0.137 e. The summed E-state index contributed by atoms with van der Waals surface area (Å²) in [6.45, 7) is 0.923. The van der Waals surface area contributed by atoms with Gasteiger partial charge >= 0.3 is 0 Å². The van der Waals surface area contributed by atoms with Crippen LogP contribution in [0.4, 0.5) is 5.69 Å². The molecule has 1 aliphatic heterocycles. The van der Waals surface area contributed by atoms with Gasteiger partial charge in [-0.25, -0.2) is 0 Å². The van der Waals surface area contributed by atoms with E-state index in [1.54, 1.807) is 7.11 Å². The fourth-order valence-electron chi connectivity index (χ4n) is 1.71. The topological polar surface area (TPSA) is 33.6 Å². The summed E-state index contributed by atoms with van der Waals surface area (Å²) in [5.74, 6) is 1.74. The van der Waals surface area contributed by atoms with Gasteiger partial charge in [0.2, 0.25) is 0 Å². The molecule has 0 bridgehead atoms. The van der Waals surface area contributed by atoms with E-state index in [9.17, 15) is 0 Å². The number of amidine groups is 1. The third-order valence-electron chi connectivity index (χ3n) is 2.56. The van der Waals surface area contributed by atoms with Crippen molar-refractivity contribution >= 4 is 23.1 Å². The number of anilines is 1. The highest BCUT2D eigenvalue weighted by Gasteiger charge is 2.07. The van der Waals surface area contributed by atoms with E-state index in [0.717, 1.165) is 24.5 Å². The van der Waals surface area contributed by atoms with Crippen LogP contribution in [-0.2, 0) is 0 Å². The molecule has 2 rings (SSSR count). The highest BCUT2D eigenvalue weighted by molar-refractivity contribution is 6.32. The monoisotopic (exact) mass is 238 g/mol. The Bertz CT molecular complexity index is 404. The number of methoxy groups -OCH3 is 1. The van der Waals surface area contributed by atoms with Gasteiger partial charge in [-0.2, -0.15) is 0 Å². The molecule has 1 N–H and O–H groups in total. The predicted molar refractivity (Wildman–Crippen MR) is 67.8 cm³/mol. The first kappa shape index (κ1) is 11.3. The average molecular weight is 239 g/mol. The predicted octanol–water partition coefficient (Wildman–Crippen LogP) is 3.34. The van der Waals surface area contributed by atoms with Crippen LogP contribution < -0.4 is 10.1 Å². The quantitative estimate of drug-likeness (QED) is 0.857. The Morgan fingerprint density at radius 3 is 2.88 bits per heavy atom. The van der Waals surface area contributed by atoms with Gasteiger partial charge in [0.25, 0.3) is 0 Å². The van der Waals surface area contributed by atoms with E-state index in [1.807, 2.05) is 18.2 Å². The average Bonchev–Trinajstić information content (AvgIpc) is 2.31. The molecule has 0 saturated carbocycles. The van der Waals surface area contributed by atoms with Crippen LogP contribution in [0, 0.1) is 0 Å². The summed E-state index contributed by atoms with van der Waals surface area (Å²) < 4.78 is 5.10. The number of nitrogens with one attached hydrogen (secondary N) is 1. The molecule has 0 unspecified atom stereocenters. The minimum absolute atomic E-state index is 0.615. The second-order valence-electron chi connectivity index (χ2n) is 3.76. The van der Waals surface area contributed by atoms with E-state index in [4.69, 9.17) is 16.3 Å². The standard InChI is InChI=1S/C12H15ClN2O/c1-16-11-6-5-9(8-10(11)13)15-12-4-2-3-7-14-12/h5-6,8H,2-4,7H2,1H3,(H,14,15). The molecule has 4 heteroatoms. The maximum Gasteiger partial charge on any atom is 0.137 e. The summed E-state index contributed by atoms with van der Waals surface area (Å²) in [6.07, 6.45) is 3.41. The first-order chi connectivity index (χ1) is 7.79. The zero-order valence-corrected chi connectivity index (χ0v) is 10.0. The van der Waals surface area contributed by atoms with E-state index in [1.165, 1.54) is 12.8 Å². The van der Waals surface area contributed by atoms with Crippen molar-refractivity contribution in [2.45, 2.75) is 19.3 Å². The SMILES string of the molecule is COc1ccc(NC2=NCCCC2)cc1Cl. The number of halogens is 1. The lowest BCUT2D eigenvalue weighted by atomic mass is 10.2. The number of aliphatic imine (C=N–C) groups is 1. The summed E-state index contributed by atoms with van der Waals surface area (Å²) in [7, 11) is 1.61. The van der Waals surface area contributed by atoms with Gasteiger partial charge in [-0.3, -0.25) is 4.99 Å². The van der Waals surface area contributed by atoms with Crippen LogP contribution >= 0.6 is 11.6 Å². The molecule has 1 heterocycles. The lowest BCUT2D eigenvalue weighted by Gasteiger charge is -2.14. The van der Waals surface area contributed by atoms with Gasteiger partial charge in [-0.1, -0.05) is 11.6 Å². The molecule has 0 aromatic heterocycles. The molecular formula is C12H15ClN2O. The second-order valence-corrected chi connectivity index (χ2v) is 4.17. The van der Waals surface area contributed by atoms with Gasteiger partial charge in [-0.15, -0.1) is 0 Å². The number of hydrogen-bond acceptors (Lipinski definition) is 3. The van der Waals surface area contributed by atoms with E-state index in [0.29, 0.717) is 10.8 Å². The van der Waals surface area contributed by atoms with Crippen molar-refractivity contribution < 1.29 is 4.74 Å². The van der Waals surface area contributed by atoms with Crippen LogP contribution in [0.15, 0.2) is 23.2 Å². The van der Waals surface area contributed by atoms with Gasteiger partial charge in [0.05, 0.1) is 12.1 Å². The summed E-state index contributed by atoms with van der Waals surface area (Å²) >= 11 is 6.04. The molecule has 1 aromatic carbocycles. The minimum atomic E-state index is 0.615. The lowest BCUT2D eigenvalue weighted by molar-refractivity contribution is 0.415. The Balaban J connectivity index is 2.09. The second kappa shape index (κ2) is 5.21. The number of rotatable bonds is 2. The van der Waals surface area contributed by atoms with Crippen LogP contribution in [0.1, 0.15) is 19.3 Å². The summed E-state index contributed by atoms with van der Waals surface area (Å²) in [5.41, 5.74) is 0.964. The summed E-state index contributed by atoms with van der Waals surface area (Å²) in [4.78, 5) is 4.43. The minimum Gasteiger partial charge on any atom is -0.495 e. The first-order valence-electron chi connectivity index (χ1n) is 5.43. The van der Waals surface area contributed by atoms with Crippen LogP contribution in [0.3, 0.4) is 0 Å². The van der Waals surface area contributed by atoms with Crippen molar-refractivity contribution in [3.05, 3.63) is 23.2 Å². The Labute approximate surface area is 100 Å². The zero-order valence-electron chi connectivity index (χ0n) is 9.29. The van der Waals surface area contributed by atoms with Gasteiger partial charge in [-0.05, 0) is 31.0 Å². The van der Waals surface area contributed by atoms with Gasteiger partial charge in [0.1, 0.15) is 11.6 Å². The van der Waals surface area contributed by atoms with Gasteiger partial charge < -0.3 is 10.1 Å². The van der Waals surface area contributed by atoms with Crippen molar-refractivity contribution in [3.8, 4) is 5.75 Å². The molecule has 0 atom stereocenters. The van der Waals surface area contributed by atoms with E-state index in [2.05, 4.69) is 10.3 Å². The molecule has 86 valence electrons. The van der Waals surface area contributed by atoms with E-state index >= 15 is 0 Å². The first-order valence-corrected chi connectivity index (χ1v) is 5.81. The Morgan fingerprint density at radius 1 is 1.38 bits per heavy atom. The molecule has 1 aliphatic rings. The number of nitrogens with zero attached hydrogens (tertiary/aromatic N) is 1. The van der Waals surface area contributed by atoms with Crippen LogP contribution in [-0.4, -0.2) is 19.5 Å². The van der Waals surface area contributed by atoms with E-state index in [-0.39, 0.29) is 0 Å². The molecule has 0 aliphatic carbocycles. The van der Waals surface area contributed by atoms with E-state index < -0.39 is 0 Å². The van der Waals surface area contributed by atoms with Crippen molar-refractivity contribution in [1.82, 2.24) is 0 Å². The van der Waals surface area contributed by atoms with Crippen molar-refractivity contribution in [1.29, 1.82) is 0 Å². The fraction of sp³-hybridized carbons (Fsp3) is 0.417. The molecule has 0 radical (unpaired) electrons. The van der Waals surface area contributed by atoms with Crippen molar-refractivity contribution in [2.75, 3.05) is 19.0 Å². The highest BCUT2D eigenvalue weighted by atomic mass is 35.5. The van der Waals surface area contributed by atoms with Crippen LogP contribution in [0.5, 0.6) is 5.75 Å². The molecule has 0 spiro atoms. The maximum absolute atomic E-state index is 6.04. The third kappa shape index (κ3) is 2.67. The molecule has 0 saturated heterocycles. The zero-order chi connectivity index (χ0) is 11.4. The number of hydrogen-bond donors (Lipinski definition) is 1. The van der Waals surface area contributed by atoms with Crippen molar-refractivity contribution in [3.63, 3.8) is 0 Å². The van der Waals surface area contributed by atoms with Crippen molar-refractivity contribution in [2.24, 2.45) is 4.99 Å². The number of benzene rings is 1. The molecule has 0 amide bonds. The third-order valence-corrected chi connectivity index (χ3v) is 2.86. The highest BCUT2D eigenvalue weighted by Crippen LogP contribution is 2.27. The number of ether oxygens (including phenoxy) is 1. The maximum atomic E-state index is 6.04. The molecular weight excluding hydrogens is 224 g/mol. The molecule has 0 fully saturated rings. The Hall–Kier alpha value is -1.22. The fourth-order valence-corrected chi connectivity index (χ4v) is 1.97. The largest absolute Gasteiger partial charge is 0.495 e. The Kier molecular flexibility index (Phi) is 3.67. The van der Waals surface area contributed by atoms with Gasteiger partial charge in [0.15, 0.2) is 0 Å². The molecule has 16 heavy (non-hydrogen) atoms. The summed E-state index contributed by atoms with van der Waals surface area (Å²) in [6, 6.07) is 5.66. The van der Waals surface area contributed by atoms with Crippen LogP contribution in [0.2, 0.25) is 5.02 Å².